The summed E-state index contributed by atoms with van der Waals surface area (Å²) in [5.41, 5.74) is 1.55. The average molecular weight is 211 g/mol. The first-order chi connectivity index (χ1) is 6.63. The monoisotopic (exact) mass is 211 g/mol. The minimum Gasteiger partial charge on any atom is -0.300 e. The maximum atomic E-state index is 11.4. The molecule has 0 unspecified atom stereocenters. The highest BCUT2D eigenvalue weighted by atomic mass is 32.2. The summed E-state index contributed by atoms with van der Waals surface area (Å²) in [6.07, 6.45) is 1.57. The Morgan fingerprint density at radius 3 is 2.86 bits per heavy atom. The second kappa shape index (κ2) is 3.20. The molecule has 5 heteroatoms. The first kappa shape index (κ1) is 9.39. The van der Waals surface area contributed by atoms with Crippen LogP contribution in [0.2, 0.25) is 0 Å². The summed E-state index contributed by atoms with van der Waals surface area (Å²) >= 11 is 0. The molecule has 0 atom stereocenters. The molecule has 0 saturated carbocycles. The molecule has 2 rings (SSSR count). The molecular weight excluding hydrogens is 202 g/mol. The molecule has 0 radical (unpaired) electrons. The van der Waals surface area contributed by atoms with Crippen molar-refractivity contribution >= 4 is 15.9 Å². The van der Waals surface area contributed by atoms with Gasteiger partial charge in [0.2, 0.25) is 0 Å². The number of fused-ring (bicyclic) bond motifs is 1. The molecule has 0 saturated heterocycles. The summed E-state index contributed by atoms with van der Waals surface area (Å²) in [7, 11) is -3.19. The van der Waals surface area contributed by atoms with Crippen molar-refractivity contribution < 1.29 is 13.3 Å². The maximum Gasteiger partial charge on any atom is 0.200 e. The molecule has 14 heavy (non-hydrogen) atoms. The third kappa shape index (κ3) is 1.45. The van der Waals surface area contributed by atoms with E-state index in [9.17, 15) is 8.42 Å². The lowest BCUT2D eigenvalue weighted by molar-refractivity contribution is 0.124. The largest absolute Gasteiger partial charge is 0.300 e. The van der Waals surface area contributed by atoms with Crippen LogP contribution in [0.15, 0.2) is 28.5 Å². The van der Waals surface area contributed by atoms with E-state index in [-0.39, 0.29) is 6.61 Å². The molecule has 0 amide bonds. The second-order valence-electron chi connectivity index (χ2n) is 3.03. The van der Waals surface area contributed by atoms with Crippen molar-refractivity contribution in [3.63, 3.8) is 0 Å². The minimum absolute atomic E-state index is 0.279. The van der Waals surface area contributed by atoms with Gasteiger partial charge in [-0.3, -0.25) is 4.84 Å². The predicted octanol–water partition coefficient (Wildman–Crippen LogP) is 0.835. The van der Waals surface area contributed by atoms with Gasteiger partial charge in [0.1, 0.15) is 0 Å². The van der Waals surface area contributed by atoms with Gasteiger partial charge in [0.15, 0.2) is 9.84 Å². The summed E-state index contributed by atoms with van der Waals surface area (Å²) in [5.74, 6) is 4.92. The normalized spacial score (nSPS) is 16.9. The lowest BCUT2D eigenvalue weighted by atomic mass is 10.1. The Morgan fingerprint density at radius 1 is 1.36 bits per heavy atom. The standard InChI is InChI=1S/C9H9NO3S/c10-13-6-7-1-2-9-8(5-7)3-4-14(9,11)12/h1-5H,6,10H2. The van der Waals surface area contributed by atoms with Gasteiger partial charge in [-0.2, -0.15) is 0 Å². The lowest BCUT2D eigenvalue weighted by Crippen LogP contribution is -2.00. The summed E-state index contributed by atoms with van der Waals surface area (Å²) in [5, 5.41) is 1.20. The molecule has 1 aliphatic heterocycles. The van der Waals surface area contributed by atoms with Crippen LogP contribution in [0.25, 0.3) is 6.08 Å². The van der Waals surface area contributed by atoms with Gasteiger partial charge in [-0.05, 0) is 29.3 Å². The second-order valence-corrected chi connectivity index (χ2v) is 4.83. The molecule has 1 heterocycles. The van der Waals surface area contributed by atoms with Gasteiger partial charge in [-0.1, -0.05) is 6.07 Å². The molecule has 1 aromatic rings. The number of hydrogen-bond acceptors (Lipinski definition) is 4. The zero-order chi connectivity index (χ0) is 10.2. The maximum absolute atomic E-state index is 11.4. The highest BCUT2D eigenvalue weighted by molar-refractivity contribution is 7.94. The fraction of sp³-hybridized carbons (Fsp3) is 0.111. The number of hydrogen-bond donors (Lipinski definition) is 1. The minimum atomic E-state index is -3.19. The SMILES string of the molecule is NOCc1ccc2c(c1)C=CS2(=O)=O. The van der Waals surface area contributed by atoms with Gasteiger partial charge in [0.25, 0.3) is 0 Å². The van der Waals surface area contributed by atoms with Gasteiger partial charge in [-0.25, -0.2) is 14.3 Å². The number of rotatable bonds is 2. The molecule has 0 bridgehead atoms. The molecule has 2 N–H and O–H groups in total. The van der Waals surface area contributed by atoms with Gasteiger partial charge >= 0.3 is 0 Å². The van der Waals surface area contributed by atoms with Crippen molar-refractivity contribution in [1.29, 1.82) is 0 Å². The zero-order valence-corrected chi connectivity index (χ0v) is 8.12. The number of benzene rings is 1. The number of nitrogens with two attached hydrogens (primary N) is 1. The van der Waals surface area contributed by atoms with E-state index >= 15 is 0 Å². The molecule has 1 aliphatic rings. The highest BCUT2D eigenvalue weighted by Crippen LogP contribution is 2.27. The Balaban J connectivity index is 2.49. The topological polar surface area (TPSA) is 69.4 Å². The first-order valence-corrected chi connectivity index (χ1v) is 5.56. The first-order valence-electron chi connectivity index (χ1n) is 4.01. The van der Waals surface area contributed by atoms with E-state index in [1.165, 1.54) is 5.41 Å². The molecule has 0 aromatic heterocycles. The van der Waals surface area contributed by atoms with Crippen molar-refractivity contribution in [2.24, 2.45) is 5.90 Å². The average Bonchev–Trinajstić information content (AvgIpc) is 2.43. The molecule has 1 aromatic carbocycles. The van der Waals surface area contributed by atoms with E-state index in [0.717, 1.165) is 5.56 Å². The van der Waals surface area contributed by atoms with Crippen LogP contribution in [-0.4, -0.2) is 8.42 Å². The fourth-order valence-corrected chi connectivity index (χ4v) is 2.60. The fourth-order valence-electron chi connectivity index (χ4n) is 1.41. The molecule has 74 valence electrons. The smallest absolute Gasteiger partial charge is 0.200 e. The van der Waals surface area contributed by atoms with Crippen molar-refractivity contribution in [3.8, 4) is 0 Å². The van der Waals surface area contributed by atoms with Crippen LogP contribution in [0.5, 0.6) is 0 Å². The van der Waals surface area contributed by atoms with Crippen LogP contribution in [0.3, 0.4) is 0 Å². The van der Waals surface area contributed by atoms with Crippen LogP contribution in [0.1, 0.15) is 11.1 Å². The Kier molecular flexibility index (Phi) is 2.14. The van der Waals surface area contributed by atoms with Gasteiger partial charge < -0.3 is 0 Å². The quantitative estimate of drug-likeness (QED) is 0.736. The van der Waals surface area contributed by atoms with E-state index in [4.69, 9.17) is 5.90 Å². The summed E-state index contributed by atoms with van der Waals surface area (Å²) in [4.78, 5) is 4.81. The van der Waals surface area contributed by atoms with Crippen LogP contribution in [0.4, 0.5) is 0 Å². The van der Waals surface area contributed by atoms with Gasteiger partial charge in [-0.15, -0.1) is 0 Å². The highest BCUT2D eigenvalue weighted by Gasteiger charge is 2.20. The van der Waals surface area contributed by atoms with E-state index in [2.05, 4.69) is 4.84 Å². The van der Waals surface area contributed by atoms with Gasteiger partial charge in [0, 0.05) is 5.41 Å². The summed E-state index contributed by atoms with van der Waals surface area (Å²) in [6.45, 7) is 0.279. The van der Waals surface area contributed by atoms with E-state index < -0.39 is 9.84 Å². The predicted molar refractivity (Wildman–Crippen MR) is 51.6 cm³/mol. The summed E-state index contributed by atoms with van der Waals surface area (Å²) < 4.78 is 22.8. The third-order valence-corrected chi connectivity index (χ3v) is 3.54. The van der Waals surface area contributed by atoms with Crippen molar-refractivity contribution in [1.82, 2.24) is 0 Å². The number of sulfone groups is 1. The van der Waals surface area contributed by atoms with Crippen LogP contribution in [0, 0.1) is 0 Å². The van der Waals surface area contributed by atoms with Crippen molar-refractivity contribution in [3.05, 3.63) is 34.7 Å². The zero-order valence-electron chi connectivity index (χ0n) is 7.30. The Bertz CT molecular complexity index is 491. The molecule has 4 nitrogen and oxygen atoms in total. The molecule has 0 fully saturated rings. The van der Waals surface area contributed by atoms with Crippen LogP contribution in [-0.2, 0) is 21.3 Å². The van der Waals surface area contributed by atoms with Crippen LogP contribution < -0.4 is 5.90 Å². The van der Waals surface area contributed by atoms with Crippen molar-refractivity contribution in [2.75, 3.05) is 0 Å². The van der Waals surface area contributed by atoms with Crippen LogP contribution >= 0.6 is 0 Å². The molecule has 0 aliphatic carbocycles. The van der Waals surface area contributed by atoms with E-state index in [1.807, 2.05) is 0 Å². The van der Waals surface area contributed by atoms with Crippen molar-refractivity contribution in [2.45, 2.75) is 11.5 Å². The molecule has 0 spiro atoms. The molecular formula is C9H9NO3S. The van der Waals surface area contributed by atoms with Gasteiger partial charge in [0.05, 0.1) is 11.5 Å². The lowest BCUT2D eigenvalue weighted by Gasteiger charge is -2.02. The Labute approximate surface area is 81.9 Å². The third-order valence-electron chi connectivity index (χ3n) is 2.06. The Hall–Kier alpha value is -1.17. The van der Waals surface area contributed by atoms with E-state index in [1.54, 1.807) is 24.3 Å². The van der Waals surface area contributed by atoms with E-state index in [0.29, 0.717) is 10.5 Å². The summed E-state index contributed by atoms with van der Waals surface area (Å²) in [6, 6.07) is 5.01. The Morgan fingerprint density at radius 2 is 2.14 bits per heavy atom.